The number of carbonyl (C=O) groups is 1. The SMILES string of the molecule is CC(C)c1nccn1Cc1cc(C(=O)N2CC[C@H]2c2ccc(F)cc2)n[nH]1. The van der Waals surface area contributed by atoms with Gasteiger partial charge in [0.25, 0.3) is 5.91 Å². The molecule has 1 atom stereocenters. The number of aromatic nitrogens is 4. The number of likely N-dealkylation sites (tertiary alicyclic amines) is 1. The smallest absolute Gasteiger partial charge is 0.274 e. The van der Waals surface area contributed by atoms with E-state index in [4.69, 9.17) is 0 Å². The van der Waals surface area contributed by atoms with Crippen molar-refractivity contribution in [3.8, 4) is 0 Å². The third kappa shape index (κ3) is 3.37. The summed E-state index contributed by atoms with van der Waals surface area (Å²) in [7, 11) is 0. The Kier molecular flexibility index (Phi) is 4.51. The minimum Gasteiger partial charge on any atom is -0.330 e. The molecule has 1 aliphatic rings. The number of nitrogens with zero attached hydrogens (tertiary/aromatic N) is 4. The average molecular weight is 367 g/mol. The molecular weight excluding hydrogens is 345 g/mol. The fourth-order valence-electron chi connectivity index (χ4n) is 3.50. The van der Waals surface area contributed by atoms with Crippen molar-refractivity contribution in [1.29, 1.82) is 0 Å². The van der Waals surface area contributed by atoms with Crippen molar-refractivity contribution in [1.82, 2.24) is 24.6 Å². The summed E-state index contributed by atoms with van der Waals surface area (Å²) in [5.41, 5.74) is 2.21. The molecule has 1 N–H and O–H groups in total. The number of carbonyl (C=O) groups excluding carboxylic acids is 1. The molecule has 6 nitrogen and oxygen atoms in total. The Morgan fingerprint density at radius 1 is 1.33 bits per heavy atom. The first-order valence-electron chi connectivity index (χ1n) is 9.14. The van der Waals surface area contributed by atoms with Crippen LogP contribution in [0.3, 0.4) is 0 Å². The lowest BCUT2D eigenvalue weighted by atomic mass is 9.94. The molecule has 0 radical (unpaired) electrons. The second kappa shape index (κ2) is 6.98. The summed E-state index contributed by atoms with van der Waals surface area (Å²) in [6.45, 7) is 5.47. The standard InChI is InChI=1S/C20H22FN5O/c1-13(2)19-22-8-10-25(19)12-16-11-17(24-23-16)20(27)26-9-7-18(26)14-3-5-15(21)6-4-14/h3-6,8,10-11,13,18H,7,9,12H2,1-2H3,(H,23,24)/t18-/m0/s1. The summed E-state index contributed by atoms with van der Waals surface area (Å²) in [5.74, 6) is 0.944. The molecule has 0 spiro atoms. The Bertz CT molecular complexity index is 943. The molecule has 140 valence electrons. The van der Waals surface area contributed by atoms with E-state index >= 15 is 0 Å². The van der Waals surface area contributed by atoms with Gasteiger partial charge < -0.3 is 9.47 Å². The van der Waals surface area contributed by atoms with E-state index in [2.05, 4.69) is 33.6 Å². The van der Waals surface area contributed by atoms with Crippen LogP contribution in [0.15, 0.2) is 42.7 Å². The fraction of sp³-hybridized carbons (Fsp3) is 0.350. The van der Waals surface area contributed by atoms with Crippen LogP contribution >= 0.6 is 0 Å². The molecule has 2 aromatic heterocycles. The van der Waals surface area contributed by atoms with Gasteiger partial charge in [-0.15, -0.1) is 0 Å². The van der Waals surface area contributed by atoms with Gasteiger partial charge in [-0.2, -0.15) is 5.10 Å². The molecule has 0 saturated carbocycles. The van der Waals surface area contributed by atoms with Crippen LogP contribution in [0.1, 0.15) is 59.8 Å². The average Bonchev–Trinajstić information content (AvgIpc) is 3.26. The van der Waals surface area contributed by atoms with Crippen LogP contribution < -0.4 is 0 Å². The third-order valence-corrected chi connectivity index (χ3v) is 4.99. The van der Waals surface area contributed by atoms with Crippen LogP contribution in [0.2, 0.25) is 0 Å². The van der Waals surface area contributed by atoms with Crippen molar-refractivity contribution in [3.05, 3.63) is 71.3 Å². The number of hydrogen-bond acceptors (Lipinski definition) is 3. The summed E-state index contributed by atoms with van der Waals surface area (Å²) in [4.78, 5) is 19.0. The Labute approximate surface area is 157 Å². The highest BCUT2D eigenvalue weighted by atomic mass is 19.1. The van der Waals surface area contributed by atoms with Crippen LogP contribution in [0, 0.1) is 5.82 Å². The van der Waals surface area contributed by atoms with E-state index in [-0.39, 0.29) is 17.8 Å². The van der Waals surface area contributed by atoms with Crippen LogP contribution in [-0.2, 0) is 6.54 Å². The van der Waals surface area contributed by atoms with Crippen LogP contribution in [0.4, 0.5) is 4.39 Å². The van der Waals surface area contributed by atoms with Crippen LogP contribution in [-0.4, -0.2) is 37.1 Å². The molecule has 3 heterocycles. The number of hydrogen-bond donors (Lipinski definition) is 1. The second-order valence-electron chi connectivity index (χ2n) is 7.20. The maximum absolute atomic E-state index is 13.1. The third-order valence-electron chi connectivity index (χ3n) is 4.99. The predicted octanol–water partition coefficient (Wildman–Crippen LogP) is 3.50. The molecule has 1 fully saturated rings. The lowest BCUT2D eigenvalue weighted by Gasteiger charge is -2.41. The number of aromatic amines is 1. The molecule has 0 bridgehead atoms. The first-order chi connectivity index (χ1) is 13.0. The lowest BCUT2D eigenvalue weighted by Crippen LogP contribution is -2.45. The van der Waals surface area contributed by atoms with Crippen molar-refractivity contribution in [2.24, 2.45) is 0 Å². The van der Waals surface area contributed by atoms with E-state index in [0.717, 1.165) is 23.5 Å². The van der Waals surface area contributed by atoms with E-state index < -0.39 is 0 Å². The van der Waals surface area contributed by atoms with Crippen molar-refractivity contribution in [2.75, 3.05) is 6.54 Å². The molecule has 3 aromatic rings. The summed E-state index contributed by atoms with van der Waals surface area (Å²) in [6, 6.07) is 8.12. The van der Waals surface area contributed by atoms with Gasteiger partial charge in [0, 0.05) is 24.9 Å². The van der Waals surface area contributed by atoms with E-state index in [1.807, 2.05) is 6.20 Å². The molecule has 1 amide bonds. The van der Waals surface area contributed by atoms with Gasteiger partial charge in [-0.3, -0.25) is 9.89 Å². The number of rotatable bonds is 5. The van der Waals surface area contributed by atoms with Gasteiger partial charge in [0.1, 0.15) is 17.3 Å². The molecule has 0 aliphatic carbocycles. The molecule has 0 unspecified atom stereocenters. The number of benzene rings is 1. The maximum atomic E-state index is 13.1. The quantitative estimate of drug-likeness (QED) is 0.750. The van der Waals surface area contributed by atoms with Crippen molar-refractivity contribution in [2.45, 2.75) is 38.8 Å². The molecular formula is C20H22FN5O. The molecule has 1 aliphatic heterocycles. The topological polar surface area (TPSA) is 66.8 Å². The van der Waals surface area contributed by atoms with Crippen LogP contribution in [0.25, 0.3) is 0 Å². The zero-order valence-corrected chi connectivity index (χ0v) is 15.4. The van der Waals surface area contributed by atoms with Gasteiger partial charge in [0.15, 0.2) is 0 Å². The highest BCUT2D eigenvalue weighted by Gasteiger charge is 2.34. The second-order valence-corrected chi connectivity index (χ2v) is 7.20. The predicted molar refractivity (Wildman–Crippen MR) is 98.8 cm³/mol. The molecule has 7 heteroatoms. The van der Waals surface area contributed by atoms with Crippen molar-refractivity contribution in [3.63, 3.8) is 0 Å². The Morgan fingerprint density at radius 3 is 2.78 bits per heavy atom. The maximum Gasteiger partial charge on any atom is 0.274 e. The van der Waals surface area contributed by atoms with Gasteiger partial charge in [-0.05, 0) is 30.2 Å². The van der Waals surface area contributed by atoms with E-state index in [1.165, 1.54) is 12.1 Å². The van der Waals surface area contributed by atoms with E-state index in [0.29, 0.717) is 24.7 Å². The molecule has 4 rings (SSSR count). The first kappa shape index (κ1) is 17.5. The number of halogens is 1. The molecule has 27 heavy (non-hydrogen) atoms. The fourth-order valence-corrected chi connectivity index (χ4v) is 3.50. The summed E-state index contributed by atoms with van der Waals surface area (Å²) < 4.78 is 15.2. The Balaban J connectivity index is 1.47. The van der Waals surface area contributed by atoms with E-state index in [9.17, 15) is 9.18 Å². The first-order valence-corrected chi connectivity index (χ1v) is 9.14. The number of H-pyrrole nitrogens is 1. The Hall–Kier alpha value is -2.96. The monoisotopic (exact) mass is 367 g/mol. The van der Waals surface area contributed by atoms with Crippen molar-refractivity contribution >= 4 is 5.91 Å². The van der Waals surface area contributed by atoms with Crippen molar-refractivity contribution < 1.29 is 9.18 Å². The van der Waals surface area contributed by atoms with Gasteiger partial charge in [0.2, 0.25) is 0 Å². The lowest BCUT2D eigenvalue weighted by molar-refractivity contribution is 0.0454. The van der Waals surface area contributed by atoms with Gasteiger partial charge in [0.05, 0.1) is 18.3 Å². The number of amides is 1. The Morgan fingerprint density at radius 2 is 2.11 bits per heavy atom. The summed E-state index contributed by atoms with van der Waals surface area (Å²) >= 11 is 0. The number of nitrogens with one attached hydrogen (secondary N) is 1. The van der Waals surface area contributed by atoms with E-state index in [1.54, 1.807) is 29.3 Å². The van der Waals surface area contributed by atoms with Gasteiger partial charge >= 0.3 is 0 Å². The van der Waals surface area contributed by atoms with Gasteiger partial charge in [-0.25, -0.2) is 9.37 Å². The van der Waals surface area contributed by atoms with Crippen LogP contribution in [0.5, 0.6) is 0 Å². The molecule has 1 saturated heterocycles. The zero-order chi connectivity index (χ0) is 19.0. The zero-order valence-electron chi connectivity index (χ0n) is 15.4. The molecule has 1 aromatic carbocycles. The highest BCUT2D eigenvalue weighted by molar-refractivity contribution is 5.93. The summed E-state index contributed by atoms with van der Waals surface area (Å²) in [6.07, 6.45) is 4.59. The summed E-state index contributed by atoms with van der Waals surface area (Å²) in [5, 5.41) is 7.17. The normalized spacial score (nSPS) is 16.6. The largest absolute Gasteiger partial charge is 0.330 e. The minimum absolute atomic E-state index is 0.0144. The minimum atomic E-state index is -0.270. The van der Waals surface area contributed by atoms with Gasteiger partial charge in [-0.1, -0.05) is 26.0 Å². The number of imidazole rings is 1. The highest BCUT2D eigenvalue weighted by Crippen LogP contribution is 2.34.